The Morgan fingerprint density at radius 2 is 1.84 bits per heavy atom. The van der Waals surface area contributed by atoms with Crippen molar-refractivity contribution in [3.8, 4) is 11.5 Å². The summed E-state index contributed by atoms with van der Waals surface area (Å²) in [5.74, 6) is 1.22. The van der Waals surface area contributed by atoms with Gasteiger partial charge in [0.1, 0.15) is 18.2 Å². The van der Waals surface area contributed by atoms with Gasteiger partial charge in [-0.3, -0.25) is 4.79 Å². The average molecular weight is 631 g/mol. The van der Waals surface area contributed by atoms with Crippen molar-refractivity contribution < 1.29 is 13.9 Å². The van der Waals surface area contributed by atoms with Gasteiger partial charge >= 0.3 is 0 Å². The van der Waals surface area contributed by atoms with Gasteiger partial charge in [0.2, 0.25) is 0 Å². The van der Waals surface area contributed by atoms with Crippen molar-refractivity contribution in [2.24, 2.45) is 5.10 Å². The minimum Gasteiger partial charge on any atom is -0.490 e. The fourth-order valence-corrected chi connectivity index (χ4v) is 4.52. The van der Waals surface area contributed by atoms with Crippen LogP contribution in [-0.4, -0.2) is 22.5 Å². The SMILES string of the molecule is CCCCc1nc2ccc(Br)cc2c(=O)n1N=Cc1cc(OCC)c(OCc2ccccc2F)cc1Br. The van der Waals surface area contributed by atoms with Gasteiger partial charge in [-0.1, -0.05) is 47.5 Å². The lowest BCUT2D eigenvalue weighted by atomic mass is 10.2. The molecule has 1 heterocycles. The number of ether oxygens (including phenoxy) is 2. The van der Waals surface area contributed by atoms with Gasteiger partial charge in [0.05, 0.1) is 23.7 Å². The molecule has 0 saturated carbocycles. The first-order valence-electron chi connectivity index (χ1n) is 12.0. The van der Waals surface area contributed by atoms with E-state index in [1.165, 1.54) is 10.7 Å². The van der Waals surface area contributed by atoms with E-state index in [1.807, 2.05) is 19.1 Å². The Kier molecular flexibility index (Phi) is 9.10. The molecule has 0 amide bonds. The zero-order valence-corrected chi connectivity index (χ0v) is 23.7. The molecular weight excluding hydrogens is 605 g/mol. The third-order valence-corrected chi connectivity index (χ3v) is 6.83. The Labute approximate surface area is 231 Å². The molecule has 37 heavy (non-hydrogen) atoms. The molecular formula is C28H26Br2FN3O3. The topological polar surface area (TPSA) is 65.7 Å². The molecule has 0 bridgehead atoms. The first-order valence-corrected chi connectivity index (χ1v) is 13.6. The number of benzene rings is 3. The average Bonchev–Trinajstić information content (AvgIpc) is 2.89. The molecule has 0 atom stereocenters. The van der Waals surface area contributed by atoms with Gasteiger partial charge in [-0.25, -0.2) is 9.37 Å². The van der Waals surface area contributed by atoms with Gasteiger partial charge in [-0.05, 0) is 65.7 Å². The number of rotatable bonds is 10. The summed E-state index contributed by atoms with van der Waals surface area (Å²) in [6.07, 6.45) is 4.07. The highest BCUT2D eigenvalue weighted by molar-refractivity contribution is 9.10. The number of hydrogen-bond donors (Lipinski definition) is 0. The van der Waals surface area contributed by atoms with Gasteiger partial charge in [-0.2, -0.15) is 9.78 Å². The third kappa shape index (κ3) is 6.45. The van der Waals surface area contributed by atoms with E-state index in [0.29, 0.717) is 56.9 Å². The molecule has 3 aromatic carbocycles. The fourth-order valence-electron chi connectivity index (χ4n) is 3.73. The highest BCUT2D eigenvalue weighted by Gasteiger charge is 2.14. The molecule has 0 radical (unpaired) electrons. The van der Waals surface area contributed by atoms with Crippen molar-refractivity contribution in [3.05, 3.63) is 96.7 Å². The predicted molar refractivity (Wildman–Crippen MR) is 151 cm³/mol. The molecule has 0 aliphatic heterocycles. The maximum Gasteiger partial charge on any atom is 0.282 e. The van der Waals surface area contributed by atoms with Crippen LogP contribution in [0.25, 0.3) is 10.9 Å². The summed E-state index contributed by atoms with van der Waals surface area (Å²) in [7, 11) is 0. The van der Waals surface area contributed by atoms with Crippen molar-refractivity contribution in [1.29, 1.82) is 0 Å². The minimum atomic E-state index is -0.330. The Hall–Kier alpha value is -3.04. The third-order valence-electron chi connectivity index (χ3n) is 5.65. The Balaban J connectivity index is 1.70. The molecule has 0 fully saturated rings. The van der Waals surface area contributed by atoms with Crippen LogP contribution in [0.15, 0.2) is 73.4 Å². The van der Waals surface area contributed by atoms with Crippen LogP contribution < -0.4 is 15.0 Å². The molecule has 0 saturated heterocycles. The van der Waals surface area contributed by atoms with Crippen molar-refractivity contribution in [3.63, 3.8) is 0 Å². The first kappa shape index (κ1) is 27.0. The summed E-state index contributed by atoms with van der Waals surface area (Å²) in [5, 5.41) is 5.02. The predicted octanol–water partition coefficient (Wildman–Crippen LogP) is 7.26. The smallest absolute Gasteiger partial charge is 0.282 e. The van der Waals surface area contributed by atoms with E-state index >= 15 is 0 Å². The quantitative estimate of drug-likeness (QED) is 0.173. The molecule has 0 aliphatic carbocycles. The van der Waals surface area contributed by atoms with E-state index in [4.69, 9.17) is 14.5 Å². The van der Waals surface area contributed by atoms with Crippen LogP contribution in [0, 0.1) is 5.82 Å². The monoisotopic (exact) mass is 629 g/mol. The fraction of sp³-hybridized carbons (Fsp3) is 0.250. The van der Waals surface area contributed by atoms with Crippen molar-refractivity contribution in [2.75, 3.05) is 6.61 Å². The van der Waals surface area contributed by atoms with Crippen molar-refractivity contribution in [1.82, 2.24) is 9.66 Å². The molecule has 4 aromatic rings. The molecule has 9 heteroatoms. The molecule has 0 spiro atoms. The summed E-state index contributed by atoms with van der Waals surface area (Å²) in [4.78, 5) is 18.1. The van der Waals surface area contributed by atoms with Crippen LogP contribution in [0.3, 0.4) is 0 Å². The van der Waals surface area contributed by atoms with Crippen LogP contribution in [0.4, 0.5) is 4.39 Å². The van der Waals surface area contributed by atoms with Crippen LogP contribution in [0.5, 0.6) is 11.5 Å². The summed E-state index contributed by atoms with van der Waals surface area (Å²) < 4.78 is 28.6. The molecule has 1 aromatic heterocycles. The van der Waals surface area contributed by atoms with E-state index in [-0.39, 0.29) is 18.0 Å². The lowest BCUT2D eigenvalue weighted by Gasteiger charge is -2.14. The number of fused-ring (bicyclic) bond motifs is 1. The van der Waals surface area contributed by atoms with Crippen molar-refractivity contribution in [2.45, 2.75) is 39.7 Å². The van der Waals surface area contributed by atoms with E-state index in [0.717, 1.165) is 17.3 Å². The largest absolute Gasteiger partial charge is 0.490 e. The second-order valence-corrected chi connectivity index (χ2v) is 10.1. The minimum absolute atomic E-state index is 0.0567. The molecule has 6 nitrogen and oxygen atoms in total. The molecule has 4 rings (SSSR count). The second-order valence-electron chi connectivity index (χ2n) is 8.29. The maximum absolute atomic E-state index is 14.0. The van der Waals surface area contributed by atoms with Gasteiger partial charge in [-0.15, -0.1) is 0 Å². The second kappa shape index (κ2) is 12.5. The number of hydrogen-bond acceptors (Lipinski definition) is 5. The maximum atomic E-state index is 14.0. The summed E-state index contributed by atoms with van der Waals surface area (Å²) in [6.45, 7) is 4.43. The number of aromatic nitrogens is 2. The van der Waals surface area contributed by atoms with Gasteiger partial charge in [0, 0.05) is 26.5 Å². The first-order chi connectivity index (χ1) is 17.9. The van der Waals surface area contributed by atoms with Crippen LogP contribution >= 0.6 is 31.9 Å². The normalized spacial score (nSPS) is 11.4. The van der Waals surface area contributed by atoms with E-state index in [2.05, 4.69) is 43.9 Å². The van der Waals surface area contributed by atoms with E-state index in [9.17, 15) is 9.18 Å². The highest BCUT2D eigenvalue weighted by atomic mass is 79.9. The number of aryl methyl sites for hydroxylation is 1. The van der Waals surface area contributed by atoms with Crippen molar-refractivity contribution >= 4 is 49.0 Å². The number of halogens is 3. The van der Waals surface area contributed by atoms with Crippen LogP contribution in [0.2, 0.25) is 0 Å². The lowest BCUT2D eigenvalue weighted by Crippen LogP contribution is -2.22. The van der Waals surface area contributed by atoms with Gasteiger partial charge in [0.15, 0.2) is 11.5 Å². The van der Waals surface area contributed by atoms with Crippen LogP contribution in [-0.2, 0) is 13.0 Å². The zero-order valence-electron chi connectivity index (χ0n) is 20.5. The van der Waals surface area contributed by atoms with E-state index in [1.54, 1.807) is 42.6 Å². The standard InChI is InChI=1S/C28H26Br2FN3O3/c1-3-5-10-27-33-24-12-11-20(29)14-21(24)28(35)34(27)32-16-19-13-25(36-4-2)26(15-22(19)30)37-17-18-8-6-7-9-23(18)31/h6-9,11-16H,3-5,10,17H2,1-2H3. The van der Waals surface area contributed by atoms with Gasteiger partial charge in [0.25, 0.3) is 5.56 Å². The molecule has 192 valence electrons. The lowest BCUT2D eigenvalue weighted by molar-refractivity contribution is 0.265. The Morgan fingerprint density at radius 3 is 2.59 bits per heavy atom. The molecule has 0 unspecified atom stereocenters. The van der Waals surface area contributed by atoms with Gasteiger partial charge < -0.3 is 9.47 Å². The molecule has 0 aliphatic rings. The Bertz CT molecular complexity index is 1500. The number of nitrogens with zero attached hydrogens (tertiary/aromatic N) is 3. The zero-order chi connectivity index (χ0) is 26.4. The highest BCUT2D eigenvalue weighted by Crippen LogP contribution is 2.34. The molecule has 0 N–H and O–H groups in total. The number of unbranched alkanes of at least 4 members (excludes halogenated alkanes) is 1. The van der Waals surface area contributed by atoms with Crippen LogP contribution in [0.1, 0.15) is 43.6 Å². The summed E-state index contributed by atoms with van der Waals surface area (Å²) in [5.41, 5.74) is 1.53. The van der Waals surface area contributed by atoms with E-state index < -0.39 is 0 Å². The summed E-state index contributed by atoms with van der Waals surface area (Å²) in [6, 6.07) is 15.5. The summed E-state index contributed by atoms with van der Waals surface area (Å²) >= 11 is 7.00. The Morgan fingerprint density at radius 1 is 1.05 bits per heavy atom.